The van der Waals surface area contributed by atoms with Gasteiger partial charge in [-0.3, -0.25) is 0 Å². The van der Waals surface area contributed by atoms with Crippen molar-refractivity contribution in [3.05, 3.63) is 308 Å². The van der Waals surface area contributed by atoms with Gasteiger partial charge in [0.25, 0.3) is 0 Å². The van der Waals surface area contributed by atoms with Crippen molar-refractivity contribution in [2.45, 2.75) is 17.8 Å². The monoisotopic (exact) mass is 1090 g/mol. The molecule has 2 atom stereocenters. The summed E-state index contributed by atoms with van der Waals surface area (Å²) in [6.45, 7) is 2.06. The first-order valence-electron chi connectivity index (χ1n) is 25.3. The van der Waals surface area contributed by atoms with Crippen LogP contribution in [0.15, 0.2) is 255 Å². The highest BCUT2D eigenvalue weighted by Gasteiger charge is 2.54. The molecule has 4 aliphatic rings. The highest BCUT2D eigenvalue weighted by molar-refractivity contribution is 14.1. The van der Waals surface area contributed by atoms with E-state index in [1.807, 2.05) is 60.7 Å². The Labute approximate surface area is 445 Å². The number of halogens is 1. The van der Waals surface area contributed by atoms with E-state index in [9.17, 15) is 0 Å². The number of fused-ring (bicyclic) bond motifs is 20. The molecule has 2 nitrogen and oxygen atoms in total. The molecule has 0 amide bonds. The molecule has 2 spiro atoms. The fourth-order valence-corrected chi connectivity index (χ4v) is 21.4. The Morgan fingerprint density at radius 3 is 0.905 bits per heavy atom. The molecule has 0 fully saturated rings. The molecule has 2 unspecified atom stereocenters. The van der Waals surface area contributed by atoms with Gasteiger partial charge in [0.1, 0.15) is 0 Å². The number of hydrogen-bond donors (Lipinski definition) is 0. The van der Waals surface area contributed by atoms with E-state index in [1.54, 1.807) is 0 Å². The Morgan fingerprint density at radius 2 is 0.568 bits per heavy atom. The van der Waals surface area contributed by atoms with Crippen molar-refractivity contribution in [2.75, 3.05) is 0 Å². The van der Waals surface area contributed by atoms with Gasteiger partial charge in [-0.2, -0.15) is 0 Å². The predicted octanol–water partition coefficient (Wildman–Crippen LogP) is 14.6. The minimum Gasteiger partial charge on any atom is -0.309 e. The molecule has 0 aliphatic heterocycles. The van der Waals surface area contributed by atoms with Crippen LogP contribution in [0.2, 0.25) is 0 Å². The van der Waals surface area contributed by atoms with Crippen LogP contribution in [-0.4, -0.2) is 0 Å². The van der Waals surface area contributed by atoms with E-state index in [-0.39, 0.29) is 0 Å². The summed E-state index contributed by atoms with van der Waals surface area (Å²) in [5.74, 6) is 0. The average molecular weight is 1090 g/mol. The average Bonchev–Trinajstić information content (AvgIpc) is 4.14. The van der Waals surface area contributed by atoms with Gasteiger partial charge < -0.3 is 9.13 Å². The van der Waals surface area contributed by atoms with Crippen LogP contribution < -0.4 is 31.8 Å². The lowest BCUT2D eigenvalue weighted by atomic mass is 9.70. The second-order valence-electron chi connectivity index (χ2n) is 20.2. The van der Waals surface area contributed by atoms with E-state index < -0.39 is 25.1 Å². The Hall–Kier alpha value is -7.39. The summed E-state index contributed by atoms with van der Waals surface area (Å²) in [6, 6.07) is 90.3. The van der Waals surface area contributed by atoms with Gasteiger partial charge in [0, 0.05) is 35.4 Å². The summed E-state index contributed by atoms with van der Waals surface area (Å²) in [6.07, 6.45) is 0. The normalized spacial score (nSPS) is 15.7. The van der Waals surface area contributed by atoms with E-state index in [0.29, 0.717) is 0 Å². The van der Waals surface area contributed by atoms with Crippen LogP contribution in [0.1, 0.15) is 50.1 Å². The Balaban J connectivity index is 0.946. The SMILES string of the molecule is Cc1cc(P(=O)(c2ccccc2)c2ccc3c(c2)C2(c4ccccc4-c4ccccc42)c2ccccc2-3)c(I)cc1P(=O)(c1ccccc1)c1ccc2c(c1)C1(c3ccccc3-c3ccccc31)c1ccccc1-2. The van der Waals surface area contributed by atoms with Crippen LogP contribution >= 0.6 is 36.9 Å². The van der Waals surface area contributed by atoms with Gasteiger partial charge in [-0.1, -0.05) is 231 Å². The van der Waals surface area contributed by atoms with Gasteiger partial charge in [-0.15, -0.1) is 0 Å². The molecule has 5 heteroatoms. The van der Waals surface area contributed by atoms with Gasteiger partial charge in [0.2, 0.25) is 0 Å². The molecule has 11 aromatic carbocycles. The summed E-state index contributed by atoms with van der Waals surface area (Å²) < 4.78 is 35.1. The first kappa shape index (κ1) is 44.1. The zero-order chi connectivity index (χ0) is 49.6. The first-order chi connectivity index (χ1) is 36.3. The van der Waals surface area contributed by atoms with Crippen molar-refractivity contribution in [1.82, 2.24) is 0 Å². The van der Waals surface area contributed by atoms with Gasteiger partial charge >= 0.3 is 0 Å². The van der Waals surface area contributed by atoms with Crippen LogP contribution in [0.25, 0.3) is 44.5 Å². The topological polar surface area (TPSA) is 34.1 Å². The zero-order valence-electron chi connectivity index (χ0n) is 40.3. The van der Waals surface area contributed by atoms with Gasteiger partial charge in [0.15, 0.2) is 14.3 Å². The lowest BCUT2D eigenvalue weighted by Gasteiger charge is -2.32. The summed E-state index contributed by atoms with van der Waals surface area (Å²) in [4.78, 5) is 0. The third kappa shape index (κ3) is 5.57. The maximum Gasteiger partial charge on any atom is 0.172 e. The van der Waals surface area contributed by atoms with E-state index in [0.717, 1.165) is 63.2 Å². The molecule has 11 aromatic rings. The largest absolute Gasteiger partial charge is 0.309 e. The van der Waals surface area contributed by atoms with Gasteiger partial charge in [0.05, 0.1) is 10.8 Å². The van der Waals surface area contributed by atoms with Crippen molar-refractivity contribution in [1.29, 1.82) is 0 Å². The summed E-state index contributed by atoms with van der Waals surface area (Å²) in [7, 11) is -7.26. The number of aryl methyl sites for hydroxylation is 1. The van der Waals surface area contributed by atoms with Crippen LogP contribution in [-0.2, 0) is 20.0 Å². The minimum atomic E-state index is -3.63. The number of benzene rings is 11. The van der Waals surface area contributed by atoms with Crippen molar-refractivity contribution in [3.63, 3.8) is 0 Å². The summed E-state index contributed by atoms with van der Waals surface area (Å²) >= 11 is 2.39. The van der Waals surface area contributed by atoms with Gasteiger partial charge in [-0.25, -0.2) is 0 Å². The molecular weight excluding hydrogens is 1050 g/mol. The van der Waals surface area contributed by atoms with Crippen LogP contribution in [0.4, 0.5) is 0 Å². The molecule has 0 saturated carbocycles. The predicted molar refractivity (Wildman–Crippen MR) is 315 cm³/mol. The van der Waals surface area contributed by atoms with Crippen molar-refractivity contribution >= 4 is 68.7 Å². The summed E-state index contributed by atoms with van der Waals surface area (Å²) in [5.41, 5.74) is 19.0. The second-order valence-corrected chi connectivity index (χ2v) is 26.8. The van der Waals surface area contributed by atoms with Crippen molar-refractivity contribution < 1.29 is 9.13 Å². The quantitative estimate of drug-likeness (QED) is 0.123. The van der Waals surface area contributed by atoms with E-state index >= 15 is 9.13 Å². The molecule has 74 heavy (non-hydrogen) atoms. The standard InChI is InChI=1S/C69H45IO2P2/c1-44-40-67(74(72,46-22-6-3-7-23-46)48-37-39-56-54-29-13-19-35-62(54)69(64(56)42-48)59-32-16-10-26-51(59)52-27-11-17-33-60(52)69)65(70)43-66(44)73(71,45-20-4-2-5-21-45)47-36-38-55-53-28-12-18-34-61(53)68(63(55)41-47)57-30-14-8-24-49(57)50-25-9-15-31-58(50)68/h2-43H,1H3. The molecule has 4 aliphatic carbocycles. The Kier molecular flexibility index (Phi) is 9.57. The Morgan fingerprint density at radius 1 is 0.284 bits per heavy atom. The highest BCUT2D eigenvalue weighted by Crippen LogP contribution is 2.65. The van der Waals surface area contributed by atoms with E-state index in [4.69, 9.17) is 0 Å². The smallest absolute Gasteiger partial charge is 0.172 e. The third-order valence-corrected chi connectivity index (χ3v) is 24.5. The lowest BCUT2D eigenvalue weighted by molar-refractivity contribution is 0.591. The zero-order valence-corrected chi connectivity index (χ0v) is 44.3. The molecule has 350 valence electrons. The first-order valence-corrected chi connectivity index (χ1v) is 29.8. The molecule has 0 bridgehead atoms. The molecule has 0 N–H and O–H groups in total. The summed E-state index contributed by atoms with van der Waals surface area (Å²) in [5, 5.41) is 4.55. The fraction of sp³-hybridized carbons (Fsp3) is 0.0435. The maximum absolute atomic E-state index is 17.2. The highest BCUT2D eigenvalue weighted by atomic mass is 127. The molecule has 0 heterocycles. The van der Waals surface area contributed by atoms with Crippen LogP contribution in [0.3, 0.4) is 0 Å². The number of hydrogen-bond acceptors (Lipinski definition) is 2. The number of rotatable bonds is 6. The maximum atomic E-state index is 17.2. The van der Waals surface area contributed by atoms with Crippen molar-refractivity contribution in [2.24, 2.45) is 0 Å². The van der Waals surface area contributed by atoms with Gasteiger partial charge in [-0.05, 0) is 148 Å². The molecule has 0 aromatic heterocycles. The molecule has 15 rings (SSSR count). The minimum absolute atomic E-state index is 0.593. The lowest BCUT2D eigenvalue weighted by Crippen LogP contribution is -2.33. The van der Waals surface area contributed by atoms with Crippen LogP contribution in [0, 0.1) is 10.5 Å². The third-order valence-electron chi connectivity index (χ3n) is 16.9. The molecule has 0 radical (unpaired) electrons. The van der Waals surface area contributed by atoms with E-state index in [2.05, 4.69) is 224 Å². The van der Waals surface area contributed by atoms with Crippen molar-refractivity contribution in [3.8, 4) is 44.5 Å². The van der Waals surface area contributed by atoms with E-state index in [1.165, 1.54) is 66.8 Å². The Bertz CT molecular complexity index is 3900. The molecular formula is C69H45IO2P2. The second kappa shape index (κ2) is 16.1. The van der Waals surface area contributed by atoms with Crippen LogP contribution in [0.5, 0.6) is 0 Å². The molecule has 0 saturated heterocycles. The fourth-order valence-electron chi connectivity index (χ4n) is 13.9.